The highest BCUT2D eigenvalue weighted by molar-refractivity contribution is 7.84. The predicted molar refractivity (Wildman–Crippen MR) is 54.6 cm³/mol. The third-order valence-electron chi connectivity index (χ3n) is 1.59. The van der Waals surface area contributed by atoms with Crippen molar-refractivity contribution in [2.75, 3.05) is 17.7 Å². The Labute approximate surface area is 88.8 Å². The van der Waals surface area contributed by atoms with Crippen LogP contribution >= 0.6 is 0 Å². The van der Waals surface area contributed by atoms with E-state index in [-0.39, 0.29) is 17.6 Å². The minimum absolute atomic E-state index is 0.0521. The summed E-state index contributed by atoms with van der Waals surface area (Å²) in [5.74, 6) is -0.166. The number of anilines is 1. The maximum absolute atomic E-state index is 11.5. The van der Waals surface area contributed by atoms with Gasteiger partial charge in [-0.25, -0.2) is 4.63 Å². The molecule has 15 heavy (non-hydrogen) atoms. The van der Waals surface area contributed by atoms with Gasteiger partial charge in [0.25, 0.3) is 5.91 Å². The van der Waals surface area contributed by atoms with Crippen molar-refractivity contribution in [2.45, 2.75) is 13.0 Å². The van der Waals surface area contributed by atoms with Gasteiger partial charge in [0.2, 0.25) is 11.5 Å². The average Bonchev–Trinajstić information content (AvgIpc) is 2.49. The molecule has 1 heterocycles. The first-order valence-electron chi connectivity index (χ1n) is 4.19. The molecule has 0 fully saturated rings. The van der Waals surface area contributed by atoms with Crippen LogP contribution in [0.15, 0.2) is 4.63 Å². The second kappa shape index (κ2) is 4.87. The summed E-state index contributed by atoms with van der Waals surface area (Å²) in [7, 11) is -0.970. The molecule has 0 saturated carbocycles. The Morgan fingerprint density at radius 2 is 2.33 bits per heavy atom. The summed E-state index contributed by atoms with van der Waals surface area (Å²) in [5.41, 5.74) is 5.28. The molecule has 0 aliphatic carbocycles. The van der Waals surface area contributed by atoms with E-state index in [4.69, 9.17) is 5.73 Å². The predicted octanol–water partition coefficient (Wildman–Crippen LogP) is -0.851. The lowest BCUT2D eigenvalue weighted by Gasteiger charge is -2.10. The fraction of sp³-hybridized carbons (Fsp3) is 0.571. The molecule has 0 bridgehead atoms. The minimum atomic E-state index is -0.970. The van der Waals surface area contributed by atoms with Crippen molar-refractivity contribution in [3.63, 3.8) is 0 Å². The standard InChI is InChI=1S/C7H12N4O3S/c1-4(3-15(2)13)9-7(12)5-6(8)11-14-10-5/h4H,3H2,1-2H3,(H2,8,11)(H,9,12). The number of nitrogens with zero attached hydrogens (tertiary/aromatic N) is 2. The second-order valence-electron chi connectivity index (χ2n) is 3.11. The average molecular weight is 232 g/mol. The molecule has 0 aliphatic heterocycles. The highest BCUT2D eigenvalue weighted by Gasteiger charge is 2.18. The zero-order valence-corrected chi connectivity index (χ0v) is 9.21. The van der Waals surface area contributed by atoms with Crippen LogP contribution in [0.25, 0.3) is 0 Å². The first-order valence-corrected chi connectivity index (χ1v) is 5.92. The van der Waals surface area contributed by atoms with Gasteiger partial charge in [-0.2, -0.15) is 0 Å². The summed E-state index contributed by atoms with van der Waals surface area (Å²) in [5, 5.41) is 9.21. The zero-order chi connectivity index (χ0) is 11.4. The SMILES string of the molecule is CC(CS(C)=O)NC(=O)c1nonc1N. The molecule has 7 nitrogen and oxygen atoms in total. The van der Waals surface area contributed by atoms with Crippen molar-refractivity contribution in [2.24, 2.45) is 0 Å². The van der Waals surface area contributed by atoms with Crippen LogP contribution in [-0.2, 0) is 10.8 Å². The van der Waals surface area contributed by atoms with Crippen molar-refractivity contribution in [3.8, 4) is 0 Å². The van der Waals surface area contributed by atoms with Crippen molar-refractivity contribution < 1.29 is 13.6 Å². The van der Waals surface area contributed by atoms with E-state index in [0.29, 0.717) is 5.75 Å². The molecule has 2 atom stereocenters. The third-order valence-corrected chi connectivity index (χ3v) is 2.56. The molecule has 0 aliphatic rings. The number of carbonyl (C=O) groups excluding carboxylic acids is 1. The molecule has 1 aromatic heterocycles. The van der Waals surface area contributed by atoms with Gasteiger partial charge in [0, 0.05) is 28.9 Å². The molecule has 1 rings (SSSR count). The maximum atomic E-state index is 11.5. The largest absolute Gasteiger partial charge is 0.379 e. The number of amides is 1. The second-order valence-corrected chi connectivity index (χ2v) is 4.59. The summed E-state index contributed by atoms with van der Waals surface area (Å²) < 4.78 is 15.2. The molecular weight excluding hydrogens is 220 g/mol. The molecule has 0 aromatic carbocycles. The molecule has 0 spiro atoms. The number of nitrogen functional groups attached to an aromatic ring is 1. The number of hydrogen-bond donors (Lipinski definition) is 2. The van der Waals surface area contributed by atoms with Crippen molar-refractivity contribution in [3.05, 3.63) is 5.69 Å². The highest BCUT2D eigenvalue weighted by atomic mass is 32.2. The van der Waals surface area contributed by atoms with Gasteiger partial charge in [-0.3, -0.25) is 9.00 Å². The van der Waals surface area contributed by atoms with Crippen LogP contribution in [0.2, 0.25) is 0 Å². The molecule has 0 radical (unpaired) electrons. The van der Waals surface area contributed by atoms with Crippen LogP contribution in [0.3, 0.4) is 0 Å². The van der Waals surface area contributed by atoms with Gasteiger partial charge >= 0.3 is 0 Å². The molecule has 8 heteroatoms. The molecular formula is C7H12N4O3S. The van der Waals surface area contributed by atoms with Crippen molar-refractivity contribution in [1.29, 1.82) is 0 Å². The fourth-order valence-corrected chi connectivity index (χ4v) is 1.83. The van der Waals surface area contributed by atoms with E-state index < -0.39 is 16.7 Å². The van der Waals surface area contributed by atoms with Crippen molar-refractivity contribution >= 4 is 22.5 Å². The van der Waals surface area contributed by atoms with Crippen LogP contribution in [0.1, 0.15) is 17.4 Å². The van der Waals surface area contributed by atoms with E-state index in [9.17, 15) is 9.00 Å². The summed E-state index contributed by atoms with van der Waals surface area (Å²) in [6, 6.07) is -0.223. The molecule has 84 valence electrons. The minimum Gasteiger partial charge on any atom is -0.379 e. The topological polar surface area (TPSA) is 111 Å². The first-order chi connectivity index (χ1) is 7.00. The smallest absolute Gasteiger partial charge is 0.277 e. The molecule has 1 aromatic rings. The number of hydrogen-bond acceptors (Lipinski definition) is 6. The monoisotopic (exact) mass is 232 g/mol. The molecule has 0 saturated heterocycles. The van der Waals surface area contributed by atoms with Crippen LogP contribution in [0.5, 0.6) is 0 Å². The lowest BCUT2D eigenvalue weighted by Crippen LogP contribution is -2.36. The van der Waals surface area contributed by atoms with Gasteiger partial charge in [0.15, 0.2) is 0 Å². The van der Waals surface area contributed by atoms with Crippen LogP contribution in [0.4, 0.5) is 5.82 Å². The Balaban J connectivity index is 2.56. The van der Waals surface area contributed by atoms with Gasteiger partial charge in [0.1, 0.15) is 0 Å². The van der Waals surface area contributed by atoms with Gasteiger partial charge in [-0.05, 0) is 17.2 Å². The first kappa shape index (κ1) is 11.6. The van der Waals surface area contributed by atoms with Gasteiger partial charge < -0.3 is 11.1 Å². The van der Waals surface area contributed by atoms with Gasteiger partial charge in [0.05, 0.1) is 0 Å². The summed E-state index contributed by atoms with van der Waals surface area (Å²) in [6.45, 7) is 1.74. The third kappa shape index (κ3) is 3.31. The number of nitrogens with two attached hydrogens (primary N) is 1. The van der Waals surface area contributed by atoms with E-state index in [1.807, 2.05) is 0 Å². The highest BCUT2D eigenvalue weighted by Crippen LogP contribution is 2.03. The number of aromatic nitrogens is 2. The quantitative estimate of drug-likeness (QED) is 0.699. The number of carbonyl (C=O) groups is 1. The number of nitrogens with one attached hydrogen (secondary N) is 1. The van der Waals surface area contributed by atoms with Crippen molar-refractivity contribution in [1.82, 2.24) is 15.6 Å². The Morgan fingerprint density at radius 3 is 2.80 bits per heavy atom. The Bertz CT molecular complexity index is 378. The Kier molecular flexibility index (Phi) is 3.78. The molecule has 3 N–H and O–H groups in total. The van der Waals surface area contributed by atoms with E-state index >= 15 is 0 Å². The lowest BCUT2D eigenvalue weighted by molar-refractivity contribution is 0.0934. The summed E-state index contributed by atoms with van der Waals surface area (Å²) in [6.07, 6.45) is 1.56. The molecule has 1 amide bonds. The lowest BCUT2D eigenvalue weighted by atomic mass is 10.3. The van der Waals surface area contributed by atoms with Crippen LogP contribution < -0.4 is 11.1 Å². The van der Waals surface area contributed by atoms with E-state index in [0.717, 1.165) is 0 Å². The summed E-state index contributed by atoms with van der Waals surface area (Å²) >= 11 is 0. The van der Waals surface area contributed by atoms with E-state index in [1.54, 1.807) is 13.2 Å². The number of rotatable bonds is 4. The molecule has 2 unspecified atom stereocenters. The Morgan fingerprint density at radius 1 is 1.67 bits per heavy atom. The van der Waals surface area contributed by atoms with Gasteiger partial charge in [-0.15, -0.1) is 0 Å². The fourth-order valence-electron chi connectivity index (χ4n) is 1.04. The van der Waals surface area contributed by atoms with Crippen LogP contribution in [-0.4, -0.2) is 38.5 Å². The van der Waals surface area contributed by atoms with Gasteiger partial charge in [-0.1, -0.05) is 0 Å². The van der Waals surface area contributed by atoms with Crippen LogP contribution in [0, 0.1) is 0 Å². The normalized spacial score (nSPS) is 14.5. The van der Waals surface area contributed by atoms with E-state index in [1.165, 1.54) is 0 Å². The maximum Gasteiger partial charge on any atom is 0.277 e. The Hall–Kier alpha value is -1.44. The summed E-state index contributed by atoms with van der Waals surface area (Å²) in [4.78, 5) is 11.5. The van der Waals surface area contributed by atoms with E-state index in [2.05, 4.69) is 20.3 Å². The zero-order valence-electron chi connectivity index (χ0n) is 8.39.